The maximum absolute atomic E-state index is 12.3. The van der Waals surface area contributed by atoms with Gasteiger partial charge in [0.15, 0.2) is 5.75 Å². The van der Waals surface area contributed by atoms with Gasteiger partial charge < -0.3 is 9.47 Å². The Bertz CT molecular complexity index is 1220. The van der Waals surface area contributed by atoms with Gasteiger partial charge in [0.05, 0.1) is 31.3 Å². The summed E-state index contributed by atoms with van der Waals surface area (Å²) in [6, 6.07) is 14.6. The molecular formula is C22H16BrClIN3O5. The van der Waals surface area contributed by atoms with Gasteiger partial charge in [-0.15, -0.1) is 0 Å². The molecule has 0 saturated carbocycles. The van der Waals surface area contributed by atoms with Crippen LogP contribution in [-0.2, 0) is 6.61 Å². The topological polar surface area (TPSA) is 103 Å². The normalized spacial score (nSPS) is 10.8. The number of hydrogen-bond donors (Lipinski definition) is 1. The number of nitro groups is 1. The quantitative estimate of drug-likeness (QED) is 0.141. The Hall–Kier alpha value is -2.70. The van der Waals surface area contributed by atoms with Crippen molar-refractivity contribution in [2.24, 2.45) is 5.10 Å². The summed E-state index contributed by atoms with van der Waals surface area (Å²) in [5.41, 5.74) is 4.11. The molecule has 170 valence electrons. The summed E-state index contributed by atoms with van der Waals surface area (Å²) in [4.78, 5) is 22.8. The van der Waals surface area contributed by atoms with Crippen molar-refractivity contribution in [3.63, 3.8) is 0 Å². The van der Waals surface area contributed by atoms with Gasteiger partial charge in [-0.2, -0.15) is 5.10 Å². The number of methoxy groups -OCH3 is 1. The van der Waals surface area contributed by atoms with Crippen LogP contribution in [0.3, 0.4) is 0 Å². The zero-order valence-corrected chi connectivity index (χ0v) is 21.5. The van der Waals surface area contributed by atoms with Gasteiger partial charge in [0, 0.05) is 17.7 Å². The Morgan fingerprint density at radius 2 is 2.06 bits per heavy atom. The van der Waals surface area contributed by atoms with Crippen molar-refractivity contribution in [2.75, 3.05) is 7.11 Å². The van der Waals surface area contributed by atoms with Crippen LogP contribution in [-0.4, -0.2) is 24.2 Å². The third-order valence-electron chi connectivity index (χ3n) is 4.32. The molecule has 3 rings (SSSR count). The second kappa shape index (κ2) is 11.4. The van der Waals surface area contributed by atoms with E-state index < -0.39 is 4.92 Å². The summed E-state index contributed by atoms with van der Waals surface area (Å²) in [5, 5.41) is 15.2. The number of nitrogens with one attached hydrogen (secondary N) is 1. The summed E-state index contributed by atoms with van der Waals surface area (Å²) in [7, 11) is 1.54. The second-order valence-corrected chi connectivity index (χ2v) is 9.00. The van der Waals surface area contributed by atoms with Crippen molar-refractivity contribution in [1.29, 1.82) is 0 Å². The van der Waals surface area contributed by atoms with Crippen LogP contribution < -0.4 is 14.9 Å². The molecule has 0 saturated heterocycles. The highest BCUT2D eigenvalue weighted by Gasteiger charge is 2.12. The lowest BCUT2D eigenvalue weighted by atomic mass is 10.2. The number of benzene rings is 3. The molecule has 0 fully saturated rings. The molecule has 8 nitrogen and oxygen atoms in total. The smallest absolute Gasteiger partial charge is 0.271 e. The Morgan fingerprint density at radius 1 is 1.27 bits per heavy atom. The first kappa shape index (κ1) is 24.9. The van der Waals surface area contributed by atoms with E-state index >= 15 is 0 Å². The van der Waals surface area contributed by atoms with Crippen molar-refractivity contribution >= 4 is 67.9 Å². The van der Waals surface area contributed by atoms with Crippen LogP contribution >= 0.6 is 50.1 Å². The minimum absolute atomic E-state index is 0.0152. The number of non-ortho nitro benzene ring substituents is 1. The van der Waals surface area contributed by atoms with E-state index in [0.29, 0.717) is 37.7 Å². The molecule has 0 atom stereocenters. The number of halogens is 3. The summed E-state index contributed by atoms with van der Waals surface area (Å²) in [6.07, 6.45) is 1.45. The number of carbonyl (C=O) groups excluding carboxylic acids is 1. The van der Waals surface area contributed by atoms with Gasteiger partial charge in [0.25, 0.3) is 11.6 Å². The minimum Gasteiger partial charge on any atom is -0.496 e. The molecule has 0 heterocycles. The largest absolute Gasteiger partial charge is 0.496 e. The SMILES string of the molecule is COc1cc(C(=O)N/N=C\c2cc(Cl)c(OCc3cccc([N+](=O)[O-])c3)c(Br)c2)ccc1I. The van der Waals surface area contributed by atoms with E-state index in [9.17, 15) is 14.9 Å². The Balaban J connectivity index is 1.66. The number of nitro benzene ring substituents is 1. The van der Waals surface area contributed by atoms with Crippen molar-refractivity contribution in [1.82, 2.24) is 5.43 Å². The van der Waals surface area contributed by atoms with E-state index in [4.69, 9.17) is 21.1 Å². The fourth-order valence-electron chi connectivity index (χ4n) is 2.74. The highest BCUT2D eigenvalue weighted by molar-refractivity contribution is 14.1. The molecule has 0 bridgehead atoms. The monoisotopic (exact) mass is 643 g/mol. The molecule has 0 aliphatic carbocycles. The van der Waals surface area contributed by atoms with Gasteiger partial charge in [0.2, 0.25) is 0 Å². The molecular weight excluding hydrogens is 629 g/mol. The fraction of sp³-hybridized carbons (Fsp3) is 0.0909. The summed E-state index contributed by atoms with van der Waals surface area (Å²) in [6.45, 7) is 0.100. The number of hydrazone groups is 1. The van der Waals surface area contributed by atoms with Crippen molar-refractivity contribution in [2.45, 2.75) is 6.61 Å². The van der Waals surface area contributed by atoms with Gasteiger partial charge in [-0.25, -0.2) is 5.43 Å². The zero-order chi connectivity index (χ0) is 24.0. The Morgan fingerprint density at radius 3 is 2.76 bits per heavy atom. The van der Waals surface area contributed by atoms with Crippen LogP contribution in [0.5, 0.6) is 11.5 Å². The highest BCUT2D eigenvalue weighted by atomic mass is 127. The molecule has 0 spiro atoms. The molecule has 0 aromatic heterocycles. The average molecular weight is 645 g/mol. The van der Waals surface area contributed by atoms with Gasteiger partial charge in [-0.3, -0.25) is 14.9 Å². The van der Waals surface area contributed by atoms with Crippen molar-refractivity contribution < 1.29 is 19.2 Å². The maximum Gasteiger partial charge on any atom is 0.271 e. The number of ether oxygens (including phenoxy) is 2. The molecule has 0 aliphatic heterocycles. The fourth-order valence-corrected chi connectivity index (χ4v) is 4.28. The van der Waals surface area contributed by atoms with E-state index in [-0.39, 0.29) is 18.2 Å². The Labute approximate surface area is 216 Å². The lowest BCUT2D eigenvalue weighted by Gasteiger charge is -2.11. The van der Waals surface area contributed by atoms with Crippen molar-refractivity contribution in [3.8, 4) is 11.5 Å². The van der Waals surface area contributed by atoms with E-state index in [0.717, 1.165) is 3.57 Å². The van der Waals surface area contributed by atoms with Crippen LogP contribution in [0.4, 0.5) is 5.69 Å². The molecule has 11 heteroatoms. The average Bonchev–Trinajstić information content (AvgIpc) is 2.79. The molecule has 0 aliphatic rings. The van der Waals surface area contributed by atoms with E-state index in [1.54, 1.807) is 42.5 Å². The van der Waals surface area contributed by atoms with Crippen LogP contribution in [0, 0.1) is 13.7 Å². The highest BCUT2D eigenvalue weighted by Crippen LogP contribution is 2.35. The van der Waals surface area contributed by atoms with Gasteiger partial charge in [0.1, 0.15) is 12.4 Å². The maximum atomic E-state index is 12.3. The number of nitrogens with zero attached hydrogens (tertiary/aromatic N) is 2. The molecule has 3 aromatic carbocycles. The van der Waals surface area contributed by atoms with Gasteiger partial charge >= 0.3 is 0 Å². The number of rotatable bonds is 8. The number of amides is 1. The van der Waals surface area contributed by atoms with E-state index in [2.05, 4.69) is 49.0 Å². The third kappa shape index (κ3) is 6.65. The van der Waals surface area contributed by atoms with Gasteiger partial charge in [-0.05, 0) is 80.0 Å². The third-order valence-corrected chi connectivity index (χ3v) is 6.08. The Kier molecular flexibility index (Phi) is 8.64. The molecule has 1 N–H and O–H groups in total. The van der Waals surface area contributed by atoms with Crippen LogP contribution in [0.25, 0.3) is 0 Å². The summed E-state index contributed by atoms with van der Waals surface area (Å²) >= 11 is 11.9. The number of hydrogen-bond acceptors (Lipinski definition) is 6. The van der Waals surface area contributed by atoms with Gasteiger partial charge in [-0.1, -0.05) is 23.7 Å². The summed E-state index contributed by atoms with van der Waals surface area (Å²) in [5.74, 6) is 0.599. The predicted octanol–water partition coefficient (Wildman–Crippen LogP) is 5.97. The lowest BCUT2D eigenvalue weighted by Crippen LogP contribution is -2.17. The van der Waals surface area contributed by atoms with E-state index in [1.165, 1.54) is 25.5 Å². The standard InChI is InChI=1S/C22H16BrClIN3O5/c1-32-20-10-15(5-6-19(20)25)22(29)27-26-11-14-8-17(23)21(18(24)9-14)33-12-13-3-2-4-16(7-13)28(30)31/h2-11H,12H2,1H3,(H,27,29)/b26-11-. The first-order valence-corrected chi connectivity index (χ1v) is 11.6. The molecule has 1 amide bonds. The summed E-state index contributed by atoms with van der Waals surface area (Å²) < 4.78 is 12.4. The van der Waals surface area contributed by atoms with Crippen LogP contribution in [0.15, 0.2) is 64.2 Å². The zero-order valence-electron chi connectivity index (χ0n) is 17.1. The minimum atomic E-state index is -0.464. The molecule has 0 radical (unpaired) electrons. The van der Waals surface area contributed by atoms with Crippen LogP contribution in [0.1, 0.15) is 21.5 Å². The van der Waals surface area contributed by atoms with Crippen molar-refractivity contribution in [3.05, 3.63) is 94.5 Å². The second-order valence-electron chi connectivity index (χ2n) is 6.58. The molecule has 3 aromatic rings. The number of carbonyl (C=O) groups is 1. The first-order chi connectivity index (χ1) is 15.8. The van der Waals surface area contributed by atoms with E-state index in [1.807, 2.05) is 0 Å². The first-order valence-electron chi connectivity index (χ1n) is 9.30. The lowest BCUT2D eigenvalue weighted by molar-refractivity contribution is -0.384. The molecule has 33 heavy (non-hydrogen) atoms. The van der Waals surface area contributed by atoms with Crippen LogP contribution in [0.2, 0.25) is 5.02 Å². The molecule has 0 unspecified atom stereocenters. The predicted molar refractivity (Wildman–Crippen MR) is 137 cm³/mol.